The molecule has 0 aliphatic carbocycles. The van der Waals surface area contributed by atoms with Gasteiger partial charge in [0.2, 0.25) is 0 Å². The van der Waals surface area contributed by atoms with E-state index < -0.39 is 40.3 Å². The van der Waals surface area contributed by atoms with Crippen molar-refractivity contribution in [3.05, 3.63) is 119 Å². The first-order chi connectivity index (χ1) is 23.5. The molecule has 0 spiro atoms. The standard InChI is InChI=1S/C39H51N3O6Si2/c1-37(2,3)49(7,8)48-32-26-34(42-25-24-33(41-36(42)45)40-35(44)29-18-12-9-13-19-29)47-39(32,27-43)28-46-50(38(4,5)6,30-20-14-10-15-21-30)31-22-16-11-17-23-31/h9-25,32,34,43H,26-28H2,1-8H3,(H,40,41,44,45)/t32-,34+,39+/m0/s1. The molecule has 1 aliphatic heterocycles. The van der Waals surface area contributed by atoms with Gasteiger partial charge in [0, 0.05) is 18.2 Å². The SMILES string of the molecule is CC(C)(C)[Si](C)(C)O[C@H]1C[C@H](n2ccc(NC(=O)c3ccccc3)nc2=O)O[C@]1(CO)CO[Si](c1ccccc1)(c1ccccc1)C(C)(C)C. The monoisotopic (exact) mass is 713 g/mol. The highest BCUT2D eigenvalue weighted by Gasteiger charge is 2.57. The summed E-state index contributed by atoms with van der Waals surface area (Å²) in [7, 11) is -5.43. The van der Waals surface area contributed by atoms with Gasteiger partial charge in [0.15, 0.2) is 8.32 Å². The third kappa shape index (κ3) is 7.48. The van der Waals surface area contributed by atoms with Crippen molar-refractivity contribution in [1.82, 2.24) is 9.55 Å². The lowest BCUT2D eigenvalue weighted by molar-refractivity contribution is -0.144. The first kappa shape index (κ1) is 37.5. The molecule has 3 atom stereocenters. The molecule has 1 aliphatic rings. The van der Waals surface area contributed by atoms with Crippen LogP contribution in [0.15, 0.2) is 108 Å². The molecule has 9 nitrogen and oxygen atoms in total. The van der Waals surface area contributed by atoms with E-state index in [0.717, 1.165) is 10.4 Å². The van der Waals surface area contributed by atoms with Gasteiger partial charge in [-0.2, -0.15) is 4.98 Å². The van der Waals surface area contributed by atoms with Crippen molar-refractivity contribution in [2.45, 2.75) is 89.1 Å². The van der Waals surface area contributed by atoms with Crippen LogP contribution in [0.1, 0.15) is 64.5 Å². The Labute approximate surface area is 297 Å². The molecule has 11 heteroatoms. The zero-order valence-electron chi connectivity index (χ0n) is 30.5. The van der Waals surface area contributed by atoms with E-state index in [0.29, 0.717) is 12.0 Å². The number of nitrogens with one attached hydrogen (secondary N) is 1. The highest BCUT2D eigenvalue weighted by molar-refractivity contribution is 6.99. The predicted molar refractivity (Wildman–Crippen MR) is 203 cm³/mol. The predicted octanol–water partition coefficient (Wildman–Crippen LogP) is 6.11. The fourth-order valence-corrected chi connectivity index (χ4v) is 12.4. The first-order valence-corrected chi connectivity index (χ1v) is 22.0. The lowest BCUT2D eigenvalue weighted by atomic mass is 9.99. The summed E-state index contributed by atoms with van der Waals surface area (Å²) in [5.74, 6) is -0.231. The molecule has 1 saturated heterocycles. The van der Waals surface area contributed by atoms with Gasteiger partial charge in [-0.1, -0.05) is 120 Å². The summed E-state index contributed by atoms with van der Waals surface area (Å²) in [5, 5.41) is 15.8. The molecule has 0 radical (unpaired) electrons. The molecule has 0 unspecified atom stereocenters. The Bertz CT molecular complexity index is 1770. The second-order valence-electron chi connectivity index (χ2n) is 15.7. The van der Waals surface area contributed by atoms with Gasteiger partial charge in [-0.3, -0.25) is 9.36 Å². The van der Waals surface area contributed by atoms with Gasteiger partial charge in [0.1, 0.15) is 17.6 Å². The Morgan fingerprint density at radius 1 is 0.900 bits per heavy atom. The van der Waals surface area contributed by atoms with Crippen LogP contribution in [0.4, 0.5) is 5.82 Å². The molecule has 4 aromatic rings. The van der Waals surface area contributed by atoms with Crippen molar-refractivity contribution in [3.8, 4) is 0 Å². The van der Waals surface area contributed by atoms with E-state index in [2.05, 4.69) is 89.2 Å². The zero-order chi connectivity index (χ0) is 36.4. The Kier molecular flexibility index (Phi) is 10.9. The molecule has 5 rings (SSSR count). The van der Waals surface area contributed by atoms with Gasteiger partial charge in [0.25, 0.3) is 14.2 Å². The van der Waals surface area contributed by atoms with E-state index in [4.69, 9.17) is 13.6 Å². The molecule has 1 aromatic heterocycles. The van der Waals surface area contributed by atoms with Crippen molar-refractivity contribution < 1.29 is 23.5 Å². The van der Waals surface area contributed by atoms with E-state index in [-0.39, 0.29) is 35.0 Å². The van der Waals surface area contributed by atoms with Crippen molar-refractivity contribution in [3.63, 3.8) is 0 Å². The van der Waals surface area contributed by atoms with Crippen LogP contribution in [0.5, 0.6) is 0 Å². The highest BCUT2D eigenvalue weighted by atomic mass is 28.4. The maximum Gasteiger partial charge on any atom is 0.351 e. The smallest absolute Gasteiger partial charge is 0.351 e. The van der Waals surface area contributed by atoms with Gasteiger partial charge in [-0.25, -0.2) is 4.79 Å². The number of rotatable bonds is 11. The number of ether oxygens (including phenoxy) is 1. The number of aliphatic hydroxyl groups is 1. The molecular weight excluding hydrogens is 663 g/mol. The second-order valence-corrected chi connectivity index (χ2v) is 24.7. The molecule has 0 bridgehead atoms. The third-order valence-corrected chi connectivity index (χ3v) is 19.7. The second kappa shape index (κ2) is 14.5. The number of hydrogen-bond acceptors (Lipinski definition) is 7. The number of aromatic nitrogens is 2. The Morgan fingerprint density at radius 2 is 1.44 bits per heavy atom. The van der Waals surface area contributed by atoms with Crippen molar-refractivity contribution in [1.29, 1.82) is 0 Å². The molecule has 0 saturated carbocycles. The average Bonchev–Trinajstić information content (AvgIpc) is 3.42. The largest absolute Gasteiger partial charge is 0.411 e. The number of anilines is 1. The summed E-state index contributed by atoms with van der Waals surface area (Å²) in [6.45, 7) is 17.1. The van der Waals surface area contributed by atoms with Crippen LogP contribution in [-0.4, -0.2) is 62.1 Å². The summed E-state index contributed by atoms with van der Waals surface area (Å²) in [4.78, 5) is 30.4. The van der Waals surface area contributed by atoms with E-state index >= 15 is 0 Å². The minimum absolute atomic E-state index is 0.0416. The lowest BCUT2D eigenvalue weighted by Crippen LogP contribution is -2.68. The minimum atomic E-state index is -3.02. The van der Waals surface area contributed by atoms with Crippen LogP contribution >= 0.6 is 0 Å². The van der Waals surface area contributed by atoms with E-state index in [1.54, 1.807) is 36.5 Å². The van der Waals surface area contributed by atoms with Gasteiger partial charge in [-0.05, 0) is 51.7 Å². The Hall–Kier alpha value is -3.72. The maximum atomic E-state index is 13.5. The summed E-state index contributed by atoms with van der Waals surface area (Å²) in [6, 6.07) is 31.0. The van der Waals surface area contributed by atoms with Crippen LogP contribution in [0, 0.1) is 0 Å². The van der Waals surface area contributed by atoms with Crippen LogP contribution in [0.3, 0.4) is 0 Å². The van der Waals surface area contributed by atoms with Crippen LogP contribution in [0.25, 0.3) is 0 Å². The summed E-state index contributed by atoms with van der Waals surface area (Å²) < 4.78 is 22.6. The van der Waals surface area contributed by atoms with Gasteiger partial charge < -0.3 is 24.0 Å². The number of amides is 1. The van der Waals surface area contributed by atoms with E-state index in [1.807, 2.05) is 42.5 Å². The van der Waals surface area contributed by atoms with Gasteiger partial charge in [0.05, 0.1) is 19.3 Å². The normalized spacial score (nSPS) is 20.1. The molecular formula is C39H51N3O6Si2. The summed E-state index contributed by atoms with van der Waals surface area (Å²) in [5.41, 5.74) is -1.42. The van der Waals surface area contributed by atoms with Gasteiger partial charge in [-0.15, -0.1) is 0 Å². The zero-order valence-corrected chi connectivity index (χ0v) is 32.5. The molecule has 3 aromatic carbocycles. The molecule has 266 valence electrons. The highest BCUT2D eigenvalue weighted by Crippen LogP contribution is 2.46. The molecule has 50 heavy (non-hydrogen) atoms. The van der Waals surface area contributed by atoms with Gasteiger partial charge >= 0.3 is 5.69 Å². The van der Waals surface area contributed by atoms with Crippen molar-refractivity contribution >= 4 is 38.7 Å². The van der Waals surface area contributed by atoms with Crippen LogP contribution < -0.4 is 21.4 Å². The topological polar surface area (TPSA) is 112 Å². The lowest BCUT2D eigenvalue weighted by Gasteiger charge is -2.46. The number of carbonyl (C=O) groups excluding carboxylic acids is 1. The van der Waals surface area contributed by atoms with Crippen molar-refractivity contribution in [2.75, 3.05) is 18.5 Å². The number of nitrogens with zero attached hydrogens (tertiary/aromatic N) is 2. The quantitative estimate of drug-likeness (QED) is 0.181. The molecule has 1 amide bonds. The van der Waals surface area contributed by atoms with E-state index in [1.165, 1.54) is 4.57 Å². The summed E-state index contributed by atoms with van der Waals surface area (Å²) in [6.07, 6.45) is 0.495. The first-order valence-electron chi connectivity index (χ1n) is 17.2. The molecule has 2 heterocycles. The third-order valence-electron chi connectivity index (χ3n) is 10.3. The molecule has 2 N–H and O–H groups in total. The maximum absolute atomic E-state index is 13.5. The number of aliphatic hydroxyl groups excluding tert-OH is 1. The number of benzene rings is 3. The minimum Gasteiger partial charge on any atom is -0.411 e. The number of carbonyl (C=O) groups is 1. The molecule has 1 fully saturated rings. The van der Waals surface area contributed by atoms with Crippen molar-refractivity contribution in [2.24, 2.45) is 0 Å². The summed E-state index contributed by atoms with van der Waals surface area (Å²) >= 11 is 0. The Morgan fingerprint density at radius 3 is 1.92 bits per heavy atom. The number of hydrogen-bond donors (Lipinski definition) is 2. The average molecular weight is 714 g/mol. The van der Waals surface area contributed by atoms with Crippen LogP contribution in [-0.2, 0) is 13.6 Å². The fraction of sp³-hybridized carbons (Fsp3) is 0.410. The van der Waals surface area contributed by atoms with E-state index in [9.17, 15) is 14.7 Å². The fourth-order valence-electron chi connectivity index (χ4n) is 6.43. The Balaban J connectivity index is 1.53. The van der Waals surface area contributed by atoms with Crippen LogP contribution in [0.2, 0.25) is 23.2 Å².